The minimum Gasteiger partial charge on any atom is -0.439 e. The van der Waals surface area contributed by atoms with Crippen LogP contribution in [0.3, 0.4) is 0 Å². The van der Waals surface area contributed by atoms with E-state index in [1.807, 2.05) is 18.2 Å². The van der Waals surface area contributed by atoms with Gasteiger partial charge in [0.2, 0.25) is 5.88 Å². The molecule has 0 radical (unpaired) electrons. The highest BCUT2D eigenvalue weighted by Crippen LogP contribution is 2.23. The number of nitrogens with zero attached hydrogens (tertiary/aromatic N) is 1. The van der Waals surface area contributed by atoms with Gasteiger partial charge in [0, 0.05) is 18.3 Å². The largest absolute Gasteiger partial charge is 0.439 e. The molecule has 0 amide bonds. The van der Waals surface area contributed by atoms with Crippen molar-refractivity contribution in [2.75, 3.05) is 6.54 Å². The fraction of sp³-hybridized carbons (Fsp3) is 0.389. The molecule has 3 heteroatoms. The lowest BCUT2D eigenvalue weighted by Gasteiger charge is -2.12. The molecule has 0 aliphatic heterocycles. The highest BCUT2D eigenvalue weighted by molar-refractivity contribution is 5.34. The third-order valence-corrected chi connectivity index (χ3v) is 3.24. The number of hydrogen-bond acceptors (Lipinski definition) is 3. The van der Waals surface area contributed by atoms with Crippen molar-refractivity contribution in [3.05, 3.63) is 53.7 Å². The van der Waals surface area contributed by atoms with Crippen LogP contribution in [-0.4, -0.2) is 11.5 Å². The Kier molecular flexibility index (Phi) is 5.76. The summed E-state index contributed by atoms with van der Waals surface area (Å²) in [7, 11) is 0. The number of nitrogens with one attached hydrogen (secondary N) is 1. The van der Waals surface area contributed by atoms with E-state index in [2.05, 4.69) is 49.3 Å². The number of rotatable bonds is 7. The molecule has 3 nitrogen and oxygen atoms in total. The lowest BCUT2D eigenvalue weighted by Crippen LogP contribution is -2.19. The Labute approximate surface area is 127 Å². The Morgan fingerprint density at radius 2 is 2.05 bits per heavy atom. The zero-order valence-electron chi connectivity index (χ0n) is 13.1. The fourth-order valence-corrected chi connectivity index (χ4v) is 2.09. The second kappa shape index (κ2) is 7.79. The molecule has 112 valence electrons. The molecule has 0 aliphatic carbocycles. The predicted octanol–water partition coefficient (Wildman–Crippen LogP) is 4.18. The van der Waals surface area contributed by atoms with Gasteiger partial charge < -0.3 is 10.1 Å². The third-order valence-electron chi connectivity index (χ3n) is 3.24. The van der Waals surface area contributed by atoms with E-state index in [0.29, 0.717) is 11.8 Å². The summed E-state index contributed by atoms with van der Waals surface area (Å²) in [6, 6.07) is 12.2. The average Bonchev–Trinajstić information content (AvgIpc) is 2.49. The Balaban J connectivity index is 2.08. The molecule has 1 aromatic carbocycles. The van der Waals surface area contributed by atoms with Gasteiger partial charge in [0.25, 0.3) is 0 Å². The summed E-state index contributed by atoms with van der Waals surface area (Å²) >= 11 is 0. The second-order valence-electron chi connectivity index (χ2n) is 5.60. The summed E-state index contributed by atoms with van der Waals surface area (Å²) in [5.74, 6) is 2.16. The van der Waals surface area contributed by atoms with Gasteiger partial charge in [-0.15, -0.1) is 0 Å². The van der Waals surface area contributed by atoms with Crippen LogP contribution in [0.5, 0.6) is 11.6 Å². The molecular formula is C18H24N2O. The molecule has 1 N–H and O–H groups in total. The normalized spacial score (nSPS) is 10.9. The van der Waals surface area contributed by atoms with Crippen LogP contribution < -0.4 is 10.1 Å². The van der Waals surface area contributed by atoms with E-state index in [1.54, 1.807) is 6.20 Å². The van der Waals surface area contributed by atoms with Crippen molar-refractivity contribution in [1.29, 1.82) is 0 Å². The maximum Gasteiger partial charge on any atom is 0.223 e. The number of aromatic nitrogens is 1. The van der Waals surface area contributed by atoms with E-state index in [1.165, 1.54) is 5.56 Å². The molecule has 0 fully saturated rings. The molecule has 21 heavy (non-hydrogen) atoms. The zero-order chi connectivity index (χ0) is 15.1. The topological polar surface area (TPSA) is 34.1 Å². The summed E-state index contributed by atoms with van der Waals surface area (Å²) in [6.07, 6.45) is 2.77. The van der Waals surface area contributed by atoms with Crippen molar-refractivity contribution in [2.24, 2.45) is 5.92 Å². The van der Waals surface area contributed by atoms with Gasteiger partial charge in [0.1, 0.15) is 5.75 Å². The predicted molar refractivity (Wildman–Crippen MR) is 86.7 cm³/mol. The molecule has 1 heterocycles. The minimum atomic E-state index is 0.632. The van der Waals surface area contributed by atoms with E-state index in [4.69, 9.17) is 4.74 Å². The Hall–Kier alpha value is -1.87. The van der Waals surface area contributed by atoms with E-state index in [-0.39, 0.29) is 0 Å². The zero-order valence-corrected chi connectivity index (χ0v) is 13.1. The molecule has 0 bridgehead atoms. The quantitative estimate of drug-likeness (QED) is 0.828. The van der Waals surface area contributed by atoms with E-state index in [0.717, 1.165) is 30.8 Å². The van der Waals surface area contributed by atoms with Crippen LogP contribution in [0.1, 0.15) is 31.9 Å². The molecule has 0 unspecified atom stereocenters. The van der Waals surface area contributed by atoms with Crippen LogP contribution in [0.2, 0.25) is 0 Å². The highest BCUT2D eigenvalue weighted by atomic mass is 16.5. The Morgan fingerprint density at radius 3 is 2.81 bits per heavy atom. The van der Waals surface area contributed by atoms with Crippen molar-refractivity contribution in [2.45, 2.75) is 33.7 Å². The van der Waals surface area contributed by atoms with Gasteiger partial charge in [-0.2, -0.15) is 0 Å². The number of ether oxygens (including phenoxy) is 1. The lowest BCUT2D eigenvalue weighted by molar-refractivity contribution is 0.449. The van der Waals surface area contributed by atoms with Crippen LogP contribution in [0.4, 0.5) is 0 Å². The van der Waals surface area contributed by atoms with Crippen LogP contribution in [0, 0.1) is 5.92 Å². The first-order valence-corrected chi connectivity index (χ1v) is 7.60. The first-order valence-electron chi connectivity index (χ1n) is 7.60. The Morgan fingerprint density at radius 1 is 1.19 bits per heavy atom. The molecule has 2 rings (SSSR count). The maximum absolute atomic E-state index is 5.96. The second-order valence-corrected chi connectivity index (χ2v) is 5.60. The van der Waals surface area contributed by atoms with E-state index in [9.17, 15) is 0 Å². The van der Waals surface area contributed by atoms with Crippen LogP contribution >= 0.6 is 0 Å². The van der Waals surface area contributed by atoms with Gasteiger partial charge in [0.05, 0.1) is 0 Å². The molecule has 0 saturated heterocycles. The first kappa shape index (κ1) is 15.5. The van der Waals surface area contributed by atoms with Crippen molar-refractivity contribution < 1.29 is 4.74 Å². The summed E-state index contributed by atoms with van der Waals surface area (Å²) in [6.45, 7) is 8.30. The summed E-state index contributed by atoms with van der Waals surface area (Å²) < 4.78 is 5.96. The molecule has 0 saturated carbocycles. The van der Waals surface area contributed by atoms with Crippen molar-refractivity contribution >= 4 is 0 Å². The molecule has 0 aliphatic rings. The third kappa shape index (κ3) is 4.87. The standard InChI is InChI=1S/C18H24N2O/c1-4-15-7-5-9-17(11-15)21-18-16(8-6-10-20-18)13-19-12-14(2)3/h5-11,14,19H,4,12-13H2,1-3H3. The minimum absolute atomic E-state index is 0.632. The summed E-state index contributed by atoms with van der Waals surface area (Å²) in [5, 5.41) is 3.43. The number of pyridine rings is 1. The van der Waals surface area contributed by atoms with Crippen molar-refractivity contribution in [1.82, 2.24) is 10.3 Å². The van der Waals surface area contributed by atoms with Crippen LogP contribution in [0.25, 0.3) is 0 Å². The fourth-order valence-electron chi connectivity index (χ4n) is 2.09. The first-order chi connectivity index (χ1) is 10.2. The van der Waals surface area contributed by atoms with Gasteiger partial charge in [-0.05, 0) is 42.6 Å². The monoisotopic (exact) mass is 284 g/mol. The van der Waals surface area contributed by atoms with Crippen molar-refractivity contribution in [3.8, 4) is 11.6 Å². The number of aryl methyl sites for hydroxylation is 1. The van der Waals surface area contributed by atoms with Gasteiger partial charge in [0.15, 0.2) is 0 Å². The summed E-state index contributed by atoms with van der Waals surface area (Å²) in [4.78, 5) is 4.37. The molecule has 0 atom stereocenters. The summed E-state index contributed by atoms with van der Waals surface area (Å²) in [5.41, 5.74) is 2.35. The number of benzene rings is 1. The molecule has 0 spiro atoms. The smallest absolute Gasteiger partial charge is 0.223 e. The van der Waals surface area contributed by atoms with E-state index >= 15 is 0 Å². The van der Waals surface area contributed by atoms with Crippen LogP contribution in [0.15, 0.2) is 42.6 Å². The van der Waals surface area contributed by atoms with Crippen LogP contribution in [-0.2, 0) is 13.0 Å². The Bertz CT molecular complexity index is 567. The maximum atomic E-state index is 5.96. The molecule has 1 aromatic heterocycles. The SMILES string of the molecule is CCc1cccc(Oc2ncccc2CNCC(C)C)c1. The van der Waals surface area contributed by atoms with Gasteiger partial charge in [-0.3, -0.25) is 0 Å². The van der Waals surface area contributed by atoms with Crippen molar-refractivity contribution in [3.63, 3.8) is 0 Å². The van der Waals surface area contributed by atoms with E-state index < -0.39 is 0 Å². The average molecular weight is 284 g/mol. The molecular weight excluding hydrogens is 260 g/mol. The van der Waals surface area contributed by atoms with Gasteiger partial charge in [-0.1, -0.05) is 39.0 Å². The van der Waals surface area contributed by atoms with Gasteiger partial charge in [-0.25, -0.2) is 4.98 Å². The van der Waals surface area contributed by atoms with Gasteiger partial charge >= 0.3 is 0 Å². The number of hydrogen-bond donors (Lipinski definition) is 1. The highest BCUT2D eigenvalue weighted by Gasteiger charge is 2.06. The molecule has 2 aromatic rings. The lowest BCUT2D eigenvalue weighted by atomic mass is 10.2.